The fraction of sp³-hybridized carbons (Fsp3) is 0.600. The van der Waals surface area contributed by atoms with Crippen molar-refractivity contribution in [1.82, 2.24) is 10.2 Å². The lowest BCUT2D eigenvalue weighted by Gasteiger charge is -2.32. The molecule has 282 valence electrons. The maximum Gasteiger partial charge on any atom is 0.347 e. The van der Waals surface area contributed by atoms with Gasteiger partial charge in [-0.3, -0.25) is 9.59 Å². The van der Waals surface area contributed by atoms with E-state index in [1.165, 1.54) is 45.3 Å². The maximum absolute atomic E-state index is 14.6. The Morgan fingerprint density at radius 2 is 1.53 bits per heavy atom. The molecule has 1 saturated heterocycles. The molecule has 1 amide bonds. The predicted octanol–water partition coefficient (Wildman–Crippen LogP) is 6.09. The highest BCUT2D eigenvalue weighted by molar-refractivity contribution is 5.90. The van der Waals surface area contributed by atoms with Crippen molar-refractivity contribution in [2.24, 2.45) is 5.41 Å². The van der Waals surface area contributed by atoms with Gasteiger partial charge in [0.15, 0.2) is 12.2 Å². The Labute approximate surface area is 302 Å². The van der Waals surface area contributed by atoms with Crippen LogP contribution in [0.25, 0.3) is 0 Å². The molecule has 0 aromatic heterocycles. The topological polar surface area (TPSA) is 120 Å². The van der Waals surface area contributed by atoms with Crippen LogP contribution in [0.2, 0.25) is 0 Å². The monoisotopic (exact) mass is 712 g/mol. The Morgan fingerprint density at radius 3 is 2.10 bits per heavy atom. The summed E-state index contributed by atoms with van der Waals surface area (Å²) in [7, 11) is 2.99. The third-order valence-electron chi connectivity index (χ3n) is 9.05. The van der Waals surface area contributed by atoms with E-state index < -0.39 is 53.8 Å². The Morgan fingerprint density at radius 1 is 0.902 bits per heavy atom. The number of ether oxygens (including phenoxy) is 4. The first-order chi connectivity index (χ1) is 24.0. The van der Waals surface area contributed by atoms with Gasteiger partial charge < -0.3 is 29.2 Å². The lowest BCUT2D eigenvalue weighted by molar-refractivity contribution is -0.174. The number of halogens is 1. The molecule has 0 unspecified atom stereocenters. The predicted molar refractivity (Wildman–Crippen MR) is 193 cm³/mol. The van der Waals surface area contributed by atoms with Gasteiger partial charge in [0.05, 0.1) is 0 Å². The molecule has 1 heterocycles. The summed E-state index contributed by atoms with van der Waals surface area (Å²) in [5, 5.41) is 2.80. The van der Waals surface area contributed by atoms with Crippen LogP contribution in [0, 0.1) is 5.41 Å². The van der Waals surface area contributed by atoms with Crippen molar-refractivity contribution >= 4 is 23.8 Å². The van der Waals surface area contributed by atoms with Crippen molar-refractivity contribution in [3.63, 3.8) is 0 Å². The van der Waals surface area contributed by atoms with E-state index in [4.69, 9.17) is 18.9 Å². The van der Waals surface area contributed by atoms with Crippen LogP contribution in [-0.4, -0.2) is 86.0 Å². The Kier molecular flexibility index (Phi) is 15.6. The fourth-order valence-electron chi connectivity index (χ4n) is 5.93. The third-order valence-corrected chi connectivity index (χ3v) is 9.05. The second-order valence-corrected chi connectivity index (χ2v) is 15.3. The number of hydrogen-bond acceptors (Lipinski definition) is 9. The van der Waals surface area contributed by atoms with Crippen LogP contribution in [0.4, 0.5) is 4.39 Å². The van der Waals surface area contributed by atoms with E-state index in [1.54, 1.807) is 0 Å². The second kappa shape index (κ2) is 19.1. The summed E-state index contributed by atoms with van der Waals surface area (Å²) in [6, 6.07) is 14.9. The molecule has 1 aliphatic rings. The third kappa shape index (κ3) is 14.0. The molecule has 2 aromatic rings. The van der Waals surface area contributed by atoms with Gasteiger partial charge in [-0.25, -0.2) is 14.0 Å². The number of hydrogen-bond donors (Lipinski definition) is 1. The van der Waals surface area contributed by atoms with Crippen LogP contribution in [0.1, 0.15) is 96.3 Å². The van der Waals surface area contributed by atoms with Gasteiger partial charge >= 0.3 is 17.9 Å². The zero-order valence-corrected chi connectivity index (χ0v) is 31.5. The highest BCUT2D eigenvalue weighted by Gasteiger charge is 2.38. The molecule has 1 fully saturated rings. The van der Waals surface area contributed by atoms with Gasteiger partial charge in [0.25, 0.3) is 5.91 Å². The average Bonchev–Trinajstić information content (AvgIpc) is 3.09. The highest BCUT2D eigenvalue weighted by atomic mass is 19.1. The molecule has 0 saturated carbocycles. The van der Waals surface area contributed by atoms with Crippen molar-refractivity contribution in [1.29, 1.82) is 0 Å². The first-order valence-corrected chi connectivity index (χ1v) is 17.9. The number of amides is 1. The summed E-state index contributed by atoms with van der Waals surface area (Å²) in [4.78, 5) is 55.4. The normalized spacial score (nSPS) is 16.3. The zero-order valence-electron chi connectivity index (χ0n) is 31.5. The molecule has 11 heteroatoms. The van der Waals surface area contributed by atoms with Crippen LogP contribution in [0.3, 0.4) is 0 Å². The molecule has 1 N–H and O–H groups in total. The number of carbonyl (C=O) groups excluding carboxylic acids is 4. The highest BCUT2D eigenvalue weighted by Crippen LogP contribution is 2.28. The first-order valence-electron chi connectivity index (χ1n) is 17.9. The lowest BCUT2D eigenvalue weighted by Crippen LogP contribution is -2.51. The van der Waals surface area contributed by atoms with Crippen molar-refractivity contribution in [3.8, 4) is 0 Å². The zero-order chi connectivity index (χ0) is 37.8. The number of nitrogens with zero attached hydrogens (tertiary/aromatic N) is 1. The SMILES string of the molecule is CN[C@@H](CC(C)(C)F)C(=O)O[C@H](Cc1ccc(C2CCOCC2)cc1)C(=O)N(C)[C@@H](CCC(C)(C)C)C(=O)O[C@H](C)C(=O)OCc1ccccc1. The first kappa shape index (κ1) is 41.6. The van der Waals surface area contributed by atoms with Gasteiger partial charge in [0.1, 0.15) is 24.4 Å². The molecular formula is C40H57FN2O8. The van der Waals surface area contributed by atoms with E-state index in [0.29, 0.717) is 25.6 Å². The molecule has 2 aromatic carbocycles. The number of esters is 3. The van der Waals surface area contributed by atoms with Crippen LogP contribution in [0.5, 0.6) is 0 Å². The Bertz CT molecular complexity index is 1410. The van der Waals surface area contributed by atoms with E-state index in [-0.39, 0.29) is 31.3 Å². The van der Waals surface area contributed by atoms with Gasteiger partial charge in [-0.05, 0) is 81.5 Å². The molecule has 1 aliphatic heterocycles. The molecule has 3 rings (SSSR count). The minimum absolute atomic E-state index is 0.0176. The standard InChI is InChI=1S/C40H57FN2O8/c1-27(36(45)49-26-29-12-10-9-11-13-29)50-38(47)33(18-21-39(2,3)4)43(8)35(44)34(51-37(46)32(42-7)25-40(5,6)41)24-28-14-16-30(17-15-28)31-19-22-48-23-20-31/h9-17,27,31-34,42H,18-26H2,1-8H3/t27-,32+,33+,34-/m1/s1. The number of nitrogens with one attached hydrogen (secondary N) is 1. The second-order valence-electron chi connectivity index (χ2n) is 15.3. The van der Waals surface area contributed by atoms with Gasteiger partial charge in [0, 0.05) is 33.1 Å². The van der Waals surface area contributed by atoms with Crippen LogP contribution >= 0.6 is 0 Å². The average molecular weight is 713 g/mol. The van der Waals surface area contributed by atoms with Crippen molar-refractivity contribution in [2.75, 3.05) is 27.3 Å². The smallest absolute Gasteiger partial charge is 0.347 e. The summed E-state index contributed by atoms with van der Waals surface area (Å²) >= 11 is 0. The molecule has 0 radical (unpaired) electrons. The number of benzene rings is 2. The molecule has 0 bridgehead atoms. The number of likely N-dealkylation sites (N-methyl/N-ethyl adjacent to an activating group) is 2. The van der Waals surface area contributed by atoms with Gasteiger partial charge in [0.2, 0.25) is 0 Å². The van der Waals surface area contributed by atoms with Crippen LogP contribution < -0.4 is 5.32 Å². The minimum Gasteiger partial charge on any atom is -0.458 e. The number of rotatable bonds is 17. The van der Waals surface area contributed by atoms with Crippen molar-refractivity contribution < 1.29 is 42.5 Å². The van der Waals surface area contributed by atoms with Crippen molar-refractivity contribution in [2.45, 2.75) is 123 Å². The van der Waals surface area contributed by atoms with E-state index >= 15 is 0 Å². The molecule has 10 nitrogen and oxygen atoms in total. The summed E-state index contributed by atoms with van der Waals surface area (Å²) < 4.78 is 36.9. The quantitative estimate of drug-likeness (QED) is 0.154. The molecule has 0 aliphatic carbocycles. The van der Waals surface area contributed by atoms with Crippen LogP contribution in [-0.2, 0) is 51.2 Å². The summed E-state index contributed by atoms with van der Waals surface area (Å²) in [6.45, 7) is 11.6. The molecule has 0 spiro atoms. The summed E-state index contributed by atoms with van der Waals surface area (Å²) in [5.74, 6) is -2.53. The summed E-state index contributed by atoms with van der Waals surface area (Å²) in [6.07, 6.45) is -0.0736. The Balaban J connectivity index is 1.84. The molecular weight excluding hydrogens is 655 g/mol. The molecule has 4 atom stereocenters. The largest absolute Gasteiger partial charge is 0.458 e. The minimum atomic E-state index is -1.68. The van der Waals surface area contributed by atoms with Gasteiger partial charge in [-0.2, -0.15) is 0 Å². The van der Waals surface area contributed by atoms with Gasteiger partial charge in [-0.1, -0.05) is 75.4 Å². The van der Waals surface area contributed by atoms with Crippen molar-refractivity contribution in [3.05, 3.63) is 71.3 Å². The van der Waals surface area contributed by atoms with E-state index in [1.807, 2.05) is 75.4 Å². The lowest BCUT2D eigenvalue weighted by atomic mass is 9.88. The van der Waals surface area contributed by atoms with Gasteiger partial charge in [-0.15, -0.1) is 0 Å². The maximum atomic E-state index is 14.6. The van der Waals surface area contributed by atoms with E-state index in [0.717, 1.165) is 24.0 Å². The Hall–Kier alpha value is -3.83. The number of carbonyl (C=O) groups is 4. The van der Waals surface area contributed by atoms with Crippen LogP contribution in [0.15, 0.2) is 54.6 Å². The number of alkyl halides is 1. The molecule has 51 heavy (non-hydrogen) atoms. The summed E-state index contributed by atoms with van der Waals surface area (Å²) in [5.41, 5.74) is 0.831. The van der Waals surface area contributed by atoms with E-state index in [9.17, 15) is 23.6 Å². The van der Waals surface area contributed by atoms with E-state index in [2.05, 4.69) is 5.32 Å². The fourth-order valence-corrected chi connectivity index (χ4v) is 5.93.